The summed E-state index contributed by atoms with van der Waals surface area (Å²) in [4.78, 5) is 11.8. The number of hydrogen-bond donors (Lipinski definition) is 2. The highest BCUT2D eigenvalue weighted by Crippen LogP contribution is 2.17. The van der Waals surface area contributed by atoms with Crippen LogP contribution in [0.4, 0.5) is 15.9 Å². The van der Waals surface area contributed by atoms with E-state index in [4.69, 9.17) is 0 Å². The molecule has 1 amide bonds. The monoisotopic (exact) mass is 288 g/mol. The van der Waals surface area contributed by atoms with Gasteiger partial charge in [0.05, 0.1) is 5.69 Å². The van der Waals surface area contributed by atoms with E-state index in [-0.39, 0.29) is 17.4 Å². The Morgan fingerprint density at radius 1 is 1.19 bits per heavy atom. The van der Waals surface area contributed by atoms with Gasteiger partial charge in [-0.2, -0.15) is 0 Å². The van der Waals surface area contributed by atoms with E-state index >= 15 is 0 Å². The summed E-state index contributed by atoms with van der Waals surface area (Å²) in [6.45, 7) is 4.59. The van der Waals surface area contributed by atoms with Gasteiger partial charge < -0.3 is 10.6 Å². The molecule has 110 valence electrons. The molecule has 0 fully saturated rings. The molecule has 2 rings (SSSR count). The van der Waals surface area contributed by atoms with Crippen molar-refractivity contribution in [3.05, 3.63) is 47.9 Å². The van der Waals surface area contributed by atoms with E-state index in [1.807, 2.05) is 13.8 Å². The van der Waals surface area contributed by atoms with E-state index in [0.717, 1.165) is 0 Å². The fourth-order valence-electron chi connectivity index (χ4n) is 1.61. The van der Waals surface area contributed by atoms with Crippen LogP contribution < -0.4 is 10.6 Å². The highest BCUT2D eigenvalue weighted by molar-refractivity contribution is 5.92. The fraction of sp³-hybridized carbons (Fsp3) is 0.267. The lowest BCUT2D eigenvalue weighted by atomic mass is 10.2. The summed E-state index contributed by atoms with van der Waals surface area (Å²) < 4.78 is 13.5. The lowest BCUT2D eigenvalue weighted by Crippen LogP contribution is -2.28. The number of aromatic nitrogens is 2. The Bertz CT molecular complexity index is 613. The molecule has 2 aromatic rings. The molecule has 0 atom stereocenters. The first-order valence-electron chi connectivity index (χ1n) is 6.69. The van der Waals surface area contributed by atoms with Crippen molar-refractivity contribution in [2.75, 3.05) is 11.9 Å². The highest BCUT2D eigenvalue weighted by atomic mass is 19.1. The molecule has 0 aliphatic carbocycles. The van der Waals surface area contributed by atoms with Crippen LogP contribution in [0.15, 0.2) is 36.4 Å². The molecule has 0 aliphatic rings. The predicted molar refractivity (Wildman–Crippen MR) is 78.9 cm³/mol. The Labute approximate surface area is 122 Å². The molecule has 0 saturated carbocycles. The molecule has 0 saturated heterocycles. The average molecular weight is 288 g/mol. The van der Waals surface area contributed by atoms with Crippen LogP contribution in [-0.4, -0.2) is 22.6 Å². The van der Waals surface area contributed by atoms with Gasteiger partial charge in [-0.05, 0) is 30.2 Å². The number of rotatable bonds is 5. The van der Waals surface area contributed by atoms with Gasteiger partial charge in [-0.3, -0.25) is 4.79 Å². The fourth-order valence-corrected chi connectivity index (χ4v) is 1.61. The predicted octanol–water partition coefficient (Wildman–Crippen LogP) is 2.75. The van der Waals surface area contributed by atoms with Gasteiger partial charge in [0.25, 0.3) is 5.91 Å². The molecule has 1 aromatic carbocycles. The lowest BCUT2D eigenvalue weighted by molar-refractivity contribution is 0.0943. The smallest absolute Gasteiger partial charge is 0.271 e. The second-order valence-electron chi connectivity index (χ2n) is 5.01. The van der Waals surface area contributed by atoms with Gasteiger partial charge in [-0.25, -0.2) is 4.39 Å². The normalized spacial score (nSPS) is 10.5. The second-order valence-corrected chi connectivity index (χ2v) is 5.01. The molecule has 6 heteroatoms. The average Bonchev–Trinajstić information content (AvgIpc) is 2.48. The molecule has 0 spiro atoms. The number of carbonyl (C=O) groups excluding carboxylic acids is 1. The summed E-state index contributed by atoms with van der Waals surface area (Å²) >= 11 is 0. The zero-order valence-electron chi connectivity index (χ0n) is 11.9. The van der Waals surface area contributed by atoms with Crippen molar-refractivity contribution in [2.45, 2.75) is 13.8 Å². The van der Waals surface area contributed by atoms with Crippen molar-refractivity contribution in [1.29, 1.82) is 0 Å². The SMILES string of the molecule is CC(C)CNC(=O)c1ccc(Nc2ccccc2F)nn1. The van der Waals surface area contributed by atoms with Gasteiger partial charge in [0.2, 0.25) is 0 Å². The first-order valence-corrected chi connectivity index (χ1v) is 6.69. The van der Waals surface area contributed by atoms with Gasteiger partial charge in [0, 0.05) is 6.54 Å². The number of para-hydroxylation sites is 1. The number of benzene rings is 1. The number of carbonyl (C=O) groups is 1. The maximum atomic E-state index is 13.5. The number of anilines is 2. The Morgan fingerprint density at radius 2 is 1.95 bits per heavy atom. The van der Waals surface area contributed by atoms with E-state index in [1.165, 1.54) is 6.07 Å². The first kappa shape index (κ1) is 14.9. The Kier molecular flexibility index (Phi) is 4.81. The number of halogens is 1. The van der Waals surface area contributed by atoms with E-state index in [9.17, 15) is 9.18 Å². The van der Waals surface area contributed by atoms with Gasteiger partial charge in [-0.1, -0.05) is 26.0 Å². The van der Waals surface area contributed by atoms with Crippen LogP contribution in [0.5, 0.6) is 0 Å². The quantitative estimate of drug-likeness (QED) is 0.887. The third kappa shape index (κ3) is 4.24. The zero-order chi connectivity index (χ0) is 15.2. The standard InChI is InChI=1S/C15H17FN4O/c1-10(2)9-17-15(21)13-7-8-14(20-19-13)18-12-6-4-3-5-11(12)16/h3-8,10H,9H2,1-2H3,(H,17,21)(H,18,20). The first-order chi connectivity index (χ1) is 10.1. The number of nitrogens with one attached hydrogen (secondary N) is 2. The van der Waals surface area contributed by atoms with Crippen LogP contribution >= 0.6 is 0 Å². The summed E-state index contributed by atoms with van der Waals surface area (Å²) in [5.74, 6) is 0.0936. The number of amides is 1. The van der Waals surface area contributed by atoms with Crippen LogP contribution in [0.3, 0.4) is 0 Å². The van der Waals surface area contributed by atoms with Crippen molar-refractivity contribution < 1.29 is 9.18 Å². The van der Waals surface area contributed by atoms with E-state index < -0.39 is 0 Å². The highest BCUT2D eigenvalue weighted by Gasteiger charge is 2.09. The summed E-state index contributed by atoms with van der Waals surface area (Å²) in [5.41, 5.74) is 0.540. The molecular formula is C15H17FN4O. The summed E-state index contributed by atoms with van der Waals surface area (Å²) in [7, 11) is 0. The van der Waals surface area contributed by atoms with Crippen LogP contribution in [0.1, 0.15) is 24.3 Å². The third-order valence-electron chi connectivity index (χ3n) is 2.70. The van der Waals surface area contributed by atoms with Gasteiger partial charge in [-0.15, -0.1) is 10.2 Å². The van der Waals surface area contributed by atoms with Gasteiger partial charge in [0.15, 0.2) is 11.5 Å². The number of nitrogens with zero attached hydrogens (tertiary/aromatic N) is 2. The molecule has 21 heavy (non-hydrogen) atoms. The lowest BCUT2D eigenvalue weighted by Gasteiger charge is -2.08. The molecule has 0 unspecified atom stereocenters. The summed E-state index contributed by atoms with van der Waals surface area (Å²) in [6.07, 6.45) is 0. The molecule has 1 heterocycles. The van der Waals surface area contributed by atoms with Crippen molar-refractivity contribution in [3.8, 4) is 0 Å². The maximum absolute atomic E-state index is 13.5. The van der Waals surface area contributed by atoms with Crippen molar-refractivity contribution in [2.24, 2.45) is 5.92 Å². The van der Waals surface area contributed by atoms with Crippen LogP contribution in [0.25, 0.3) is 0 Å². The Morgan fingerprint density at radius 3 is 2.57 bits per heavy atom. The minimum absolute atomic E-state index is 0.231. The second kappa shape index (κ2) is 6.78. The molecule has 2 N–H and O–H groups in total. The van der Waals surface area contributed by atoms with E-state index in [2.05, 4.69) is 20.8 Å². The van der Waals surface area contributed by atoms with Gasteiger partial charge >= 0.3 is 0 Å². The molecule has 1 aromatic heterocycles. The van der Waals surface area contributed by atoms with Gasteiger partial charge in [0.1, 0.15) is 5.82 Å². The maximum Gasteiger partial charge on any atom is 0.271 e. The Balaban J connectivity index is 2.02. The van der Waals surface area contributed by atoms with Crippen LogP contribution in [-0.2, 0) is 0 Å². The third-order valence-corrected chi connectivity index (χ3v) is 2.70. The largest absolute Gasteiger partial charge is 0.350 e. The number of hydrogen-bond acceptors (Lipinski definition) is 4. The van der Waals surface area contributed by atoms with E-state index in [1.54, 1.807) is 30.3 Å². The topological polar surface area (TPSA) is 66.9 Å². The van der Waals surface area contributed by atoms with Crippen LogP contribution in [0.2, 0.25) is 0 Å². The molecule has 0 bridgehead atoms. The van der Waals surface area contributed by atoms with Crippen LogP contribution in [0, 0.1) is 11.7 Å². The van der Waals surface area contributed by atoms with Crippen molar-refractivity contribution in [3.63, 3.8) is 0 Å². The minimum atomic E-state index is -0.377. The minimum Gasteiger partial charge on any atom is -0.350 e. The molecule has 0 aliphatic heterocycles. The molecule has 5 nitrogen and oxygen atoms in total. The van der Waals surface area contributed by atoms with Crippen molar-refractivity contribution >= 4 is 17.4 Å². The molecular weight excluding hydrogens is 271 g/mol. The Hall–Kier alpha value is -2.50. The summed E-state index contributed by atoms with van der Waals surface area (Å²) in [5, 5.41) is 13.3. The zero-order valence-corrected chi connectivity index (χ0v) is 11.9. The molecule has 0 radical (unpaired) electrons. The van der Waals surface area contributed by atoms with E-state index in [0.29, 0.717) is 24.0 Å². The van der Waals surface area contributed by atoms with Crippen molar-refractivity contribution in [1.82, 2.24) is 15.5 Å². The summed E-state index contributed by atoms with van der Waals surface area (Å²) in [6, 6.07) is 9.40.